The zero-order chi connectivity index (χ0) is 17.1. The number of ketones is 1. The van der Waals surface area contributed by atoms with E-state index in [1.807, 2.05) is 48.5 Å². The minimum absolute atomic E-state index is 0.0116. The van der Waals surface area contributed by atoms with Crippen LogP contribution in [0.15, 0.2) is 95.2 Å². The lowest BCUT2D eigenvalue weighted by Gasteiger charge is -2.16. The molecule has 1 aliphatic rings. The molecule has 0 spiro atoms. The maximum absolute atomic E-state index is 12.8. The molecular formula is C22H18N2O. The number of Topliss-reactive ketones (excluding diaryl/α,β-unsaturated/α-hetero) is 1. The number of hydrogen-bond donors (Lipinski definition) is 0. The lowest BCUT2D eigenvalue weighted by atomic mass is 9.87. The molecule has 25 heavy (non-hydrogen) atoms. The van der Waals surface area contributed by atoms with E-state index in [9.17, 15) is 4.79 Å². The molecule has 1 heterocycles. The summed E-state index contributed by atoms with van der Waals surface area (Å²) in [6.07, 6.45) is 0. The molecule has 4 rings (SSSR count). The van der Waals surface area contributed by atoms with Crippen LogP contribution in [-0.4, -0.2) is 18.4 Å². The second-order valence-electron chi connectivity index (χ2n) is 6.21. The van der Waals surface area contributed by atoms with E-state index in [4.69, 9.17) is 0 Å². The van der Waals surface area contributed by atoms with Crippen LogP contribution < -0.4 is 0 Å². The standard InChI is InChI=1S/C22H18N2O/c25-22(19-9-5-2-6-10-19)21-20(15-23-24-21)18-13-11-17(12-14-18)16-7-3-1-4-8-16/h1-14,20-21H,15H2. The van der Waals surface area contributed by atoms with E-state index < -0.39 is 6.04 Å². The van der Waals surface area contributed by atoms with Crippen LogP contribution in [0.1, 0.15) is 21.8 Å². The van der Waals surface area contributed by atoms with Crippen LogP contribution in [0.25, 0.3) is 11.1 Å². The van der Waals surface area contributed by atoms with Gasteiger partial charge in [0, 0.05) is 11.5 Å². The van der Waals surface area contributed by atoms with E-state index in [-0.39, 0.29) is 11.7 Å². The molecule has 0 aliphatic carbocycles. The number of azo groups is 1. The number of hydrogen-bond acceptors (Lipinski definition) is 3. The second kappa shape index (κ2) is 6.81. The fourth-order valence-electron chi connectivity index (χ4n) is 3.25. The maximum atomic E-state index is 12.8. The quantitative estimate of drug-likeness (QED) is 0.611. The van der Waals surface area contributed by atoms with Crippen molar-refractivity contribution in [2.24, 2.45) is 10.2 Å². The number of rotatable bonds is 4. The lowest BCUT2D eigenvalue weighted by Crippen LogP contribution is -2.24. The Morgan fingerprint density at radius 1 is 0.760 bits per heavy atom. The van der Waals surface area contributed by atoms with Crippen LogP contribution in [0.5, 0.6) is 0 Å². The Hall–Kier alpha value is -3.07. The third-order valence-corrected chi connectivity index (χ3v) is 4.64. The van der Waals surface area contributed by atoms with Gasteiger partial charge in [-0.25, -0.2) is 0 Å². The summed E-state index contributed by atoms with van der Waals surface area (Å²) in [5.74, 6) is 0.0523. The van der Waals surface area contributed by atoms with Gasteiger partial charge < -0.3 is 0 Å². The van der Waals surface area contributed by atoms with E-state index in [1.165, 1.54) is 11.1 Å². The molecule has 3 aromatic rings. The fourth-order valence-corrected chi connectivity index (χ4v) is 3.25. The Bertz CT molecular complexity index is 886. The average Bonchev–Trinajstić information content (AvgIpc) is 3.19. The molecule has 2 unspecified atom stereocenters. The molecule has 3 heteroatoms. The molecule has 1 aliphatic heterocycles. The third kappa shape index (κ3) is 3.13. The maximum Gasteiger partial charge on any atom is 0.189 e. The van der Waals surface area contributed by atoms with Gasteiger partial charge in [-0.05, 0) is 16.7 Å². The predicted octanol–water partition coefficient (Wildman–Crippen LogP) is 5.15. The van der Waals surface area contributed by atoms with Gasteiger partial charge in [0.25, 0.3) is 0 Å². The van der Waals surface area contributed by atoms with Crippen molar-refractivity contribution in [3.05, 3.63) is 96.1 Å². The Morgan fingerprint density at radius 3 is 2.04 bits per heavy atom. The molecule has 0 bridgehead atoms. The first-order chi connectivity index (χ1) is 12.3. The molecule has 0 fully saturated rings. The number of nitrogens with zero attached hydrogens (tertiary/aromatic N) is 2. The van der Waals surface area contributed by atoms with Crippen LogP contribution in [-0.2, 0) is 0 Å². The van der Waals surface area contributed by atoms with Gasteiger partial charge in [-0.2, -0.15) is 10.2 Å². The lowest BCUT2D eigenvalue weighted by molar-refractivity contribution is 0.0956. The SMILES string of the molecule is O=C(c1ccccc1)C1N=NCC1c1ccc(-c2ccccc2)cc1. The molecule has 2 atom stereocenters. The van der Waals surface area contributed by atoms with E-state index in [0.717, 1.165) is 5.56 Å². The number of benzene rings is 3. The van der Waals surface area contributed by atoms with Gasteiger partial charge in [-0.1, -0.05) is 84.9 Å². The first-order valence-corrected chi connectivity index (χ1v) is 8.44. The molecule has 0 saturated carbocycles. The Balaban J connectivity index is 1.58. The fraction of sp³-hybridized carbons (Fsp3) is 0.136. The van der Waals surface area contributed by atoms with Crippen molar-refractivity contribution >= 4 is 5.78 Å². The summed E-state index contributed by atoms with van der Waals surface area (Å²) >= 11 is 0. The van der Waals surface area contributed by atoms with Gasteiger partial charge in [-0.3, -0.25) is 4.79 Å². The monoisotopic (exact) mass is 326 g/mol. The molecule has 122 valence electrons. The van der Waals surface area contributed by atoms with Gasteiger partial charge >= 0.3 is 0 Å². The average molecular weight is 326 g/mol. The van der Waals surface area contributed by atoms with Crippen LogP contribution in [0.4, 0.5) is 0 Å². The predicted molar refractivity (Wildman–Crippen MR) is 98.9 cm³/mol. The van der Waals surface area contributed by atoms with Crippen molar-refractivity contribution in [1.29, 1.82) is 0 Å². The summed E-state index contributed by atoms with van der Waals surface area (Å²) in [5, 5.41) is 8.38. The van der Waals surface area contributed by atoms with Crippen molar-refractivity contribution in [3.63, 3.8) is 0 Å². The first-order valence-electron chi connectivity index (χ1n) is 8.44. The van der Waals surface area contributed by atoms with Crippen molar-refractivity contribution < 1.29 is 4.79 Å². The highest BCUT2D eigenvalue weighted by Crippen LogP contribution is 2.31. The van der Waals surface area contributed by atoms with E-state index in [0.29, 0.717) is 12.1 Å². The van der Waals surface area contributed by atoms with Crippen molar-refractivity contribution in [1.82, 2.24) is 0 Å². The highest BCUT2D eigenvalue weighted by molar-refractivity contribution is 6.01. The topological polar surface area (TPSA) is 41.8 Å². The van der Waals surface area contributed by atoms with Crippen molar-refractivity contribution in [2.75, 3.05) is 6.54 Å². The molecule has 0 amide bonds. The Morgan fingerprint density at radius 2 is 1.36 bits per heavy atom. The summed E-state index contributed by atoms with van der Waals surface area (Å²) in [5.41, 5.74) is 4.16. The Labute approximate surface area is 147 Å². The highest BCUT2D eigenvalue weighted by atomic mass is 16.1. The number of carbonyl (C=O) groups excluding carboxylic acids is 1. The van der Waals surface area contributed by atoms with Crippen molar-refractivity contribution in [3.8, 4) is 11.1 Å². The summed E-state index contributed by atoms with van der Waals surface area (Å²) in [6, 6.07) is 27.6. The van der Waals surface area contributed by atoms with Gasteiger partial charge in [-0.15, -0.1) is 0 Å². The zero-order valence-corrected chi connectivity index (χ0v) is 13.7. The molecule has 3 aromatic carbocycles. The van der Waals surface area contributed by atoms with Gasteiger partial charge in [0.15, 0.2) is 5.78 Å². The molecule has 3 nitrogen and oxygen atoms in total. The zero-order valence-electron chi connectivity index (χ0n) is 13.7. The third-order valence-electron chi connectivity index (χ3n) is 4.64. The van der Waals surface area contributed by atoms with Crippen LogP contribution >= 0.6 is 0 Å². The van der Waals surface area contributed by atoms with Crippen molar-refractivity contribution in [2.45, 2.75) is 12.0 Å². The van der Waals surface area contributed by atoms with E-state index in [2.05, 4.69) is 46.6 Å². The first kappa shape index (κ1) is 15.5. The smallest absolute Gasteiger partial charge is 0.189 e. The van der Waals surface area contributed by atoms with Crippen LogP contribution in [0, 0.1) is 0 Å². The molecular weight excluding hydrogens is 308 g/mol. The van der Waals surface area contributed by atoms with Crippen LogP contribution in [0.2, 0.25) is 0 Å². The van der Waals surface area contributed by atoms with E-state index in [1.54, 1.807) is 0 Å². The summed E-state index contributed by atoms with van der Waals surface area (Å²) < 4.78 is 0. The summed E-state index contributed by atoms with van der Waals surface area (Å²) in [4.78, 5) is 12.8. The normalized spacial score (nSPS) is 19.0. The molecule has 0 saturated heterocycles. The van der Waals surface area contributed by atoms with Gasteiger partial charge in [0.05, 0.1) is 6.54 Å². The molecule has 0 aromatic heterocycles. The summed E-state index contributed by atoms with van der Waals surface area (Å²) in [6.45, 7) is 0.563. The van der Waals surface area contributed by atoms with E-state index >= 15 is 0 Å². The Kier molecular flexibility index (Phi) is 4.21. The molecule has 0 radical (unpaired) electrons. The highest BCUT2D eigenvalue weighted by Gasteiger charge is 2.33. The molecule has 0 N–H and O–H groups in total. The minimum Gasteiger partial charge on any atom is -0.292 e. The number of carbonyl (C=O) groups is 1. The van der Waals surface area contributed by atoms with Gasteiger partial charge in [0.1, 0.15) is 6.04 Å². The minimum atomic E-state index is -0.426. The van der Waals surface area contributed by atoms with Crippen LogP contribution in [0.3, 0.4) is 0 Å². The second-order valence-corrected chi connectivity index (χ2v) is 6.21. The summed E-state index contributed by atoms with van der Waals surface area (Å²) in [7, 11) is 0. The van der Waals surface area contributed by atoms with Gasteiger partial charge in [0.2, 0.25) is 0 Å². The largest absolute Gasteiger partial charge is 0.292 e.